The predicted octanol–water partition coefficient (Wildman–Crippen LogP) is 2.07. The summed E-state index contributed by atoms with van der Waals surface area (Å²) >= 11 is 0. The van der Waals surface area contributed by atoms with Gasteiger partial charge in [0.2, 0.25) is 0 Å². The zero-order valence-corrected chi connectivity index (χ0v) is 12.2. The first kappa shape index (κ1) is 12.8. The Bertz CT molecular complexity index is 627. The van der Waals surface area contributed by atoms with Crippen LogP contribution in [0.3, 0.4) is 0 Å². The number of benzene rings is 1. The van der Waals surface area contributed by atoms with Gasteiger partial charge in [-0.3, -0.25) is 4.18 Å². The van der Waals surface area contributed by atoms with Gasteiger partial charge in [-0.1, -0.05) is 30.3 Å². The van der Waals surface area contributed by atoms with Gasteiger partial charge in [-0.25, -0.2) is 0 Å². The van der Waals surface area contributed by atoms with Crippen LogP contribution in [-0.4, -0.2) is 32.5 Å². The number of rotatable bonds is 3. The van der Waals surface area contributed by atoms with Crippen LogP contribution >= 0.6 is 0 Å². The molecule has 1 saturated heterocycles. The summed E-state index contributed by atoms with van der Waals surface area (Å²) < 4.78 is 34.6. The van der Waals surface area contributed by atoms with E-state index in [0.29, 0.717) is 5.92 Å². The molecule has 1 heterocycles. The maximum atomic E-state index is 11.6. The molecule has 5 rings (SSSR count). The van der Waals surface area contributed by atoms with Crippen molar-refractivity contribution in [2.45, 2.75) is 43.0 Å². The average molecular weight is 294 g/mol. The lowest BCUT2D eigenvalue weighted by molar-refractivity contribution is 0.0135. The molecule has 0 amide bonds. The lowest BCUT2D eigenvalue weighted by Gasteiger charge is -2.45. The lowest BCUT2D eigenvalue weighted by Crippen LogP contribution is -2.51. The summed E-state index contributed by atoms with van der Waals surface area (Å²) in [5.74, 6) is 0.581. The first-order chi connectivity index (χ1) is 9.50. The minimum atomic E-state index is -3.48. The third-order valence-electron chi connectivity index (χ3n) is 5.05. The minimum Gasteiger partial charge on any atom is -0.363 e. The molecule has 0 N–H and O–H groups in total. The summed E-state index contributed by atoms with van der Waals surface area (Å²) in [5.41, 5.74) is 0.817. The molecule has 1 aromatic carbocycles. The Morgan fingerprint density at radius 3 is 2.70 bits per heavy atom. The molecule has 1 aromatic rings. The molecule has 2 bridgehead atoms. The molecule has 4 aliphatic rings. The van der Waals surface area contributed by atoms with Gasteiger partial charge in [0.25, 0.3) is 10.1 Å². The number of hydrogen-bond acceptors (Lipinski definition) is 4. The van der Waals surface area contributed by atoms with Crippen LogP contribution in [0.4, 0.5) is 0 Å². The zero-order valence-electron chi connectivity index (χ0n) is 11.4. The van der Waals surface area contributed by atoms with Crippen LogP contribution in [0, 0.1) is 5.92 Å². The molecule has 1 aliphatic heterocycles. The van der Waals surface area contributed by atoms with Crippen molar-refractivity contribution in [1.29, 1.82) is 0 Å². The molecule has 3 saturated carbocycles. The maximum absolute atomic E-state index is 11.6. The summed E-state index contributed by atoms with van der Waals surface area (Å²) in [4.78, 5) is 0. The molecular weight excluding hydrogens is 276 g/mol. The first-order valence-corrected chi connectivity index (χ1v) is 8.92. The number of fused-ring (bicyclic) bond motifs is 2. The van der Waals surface area contributed by atoms with E-state index in [1.807, 2.05) is 18.2 Å². The highest BCUT2D eigenvalue weighted by Crippen LogP contribution is 2.64. The van der Waals surface area contributed by atoms with Crippen molar-refractivity contribution in [3.8, 4) is 0 Å². The van der Waals surface area contributed by atoms with Crippen molar-refractivity contribution in [2.24, 2.45) is 5.92 Å². The fourth-order valence-corrected chi connectivity index (χ4v) is 4.88. The molecular formula is C15H18O4S. The van der Waals surface area contributed by atoms with Crippen molar-refractivity contribution in [3.05, 3.63) is 35.9 Å². The van der Waals surface area contributed by atoms with Crippen molar-refractivity contribution in [2.75, 3.05) is 6.26 Å². The molecule has 1 unspecified atom stereocenters. The van der Waals surface area contributed by atoms with E-state index in [1.165, 1.54) is 5.56 Å². The van der Waals surface area contributed by atoms with E-state index in [2.05, 4.69) is 12.1 Å². The van der Waals surface area contributed by atoms with Crippen molar-refractivity contribution in [1.82, 2.24) is 0 Å². The predicted molar refractivity (Wildman–Crippen MR) is 73.8 cm³/mol. The summed E-state index contributed by atoms with van der Waals surface area (Å²) in [6, 6.07) is 10.1. The quantitative estimate of drug-likeness (QED) is 0.632. The maximum Gasteiger partial charge on any atom is 0.264 e. The zero-order chi connectivity index (χ0) is 14.0. The monoisotopic (exact) mass is 294 g/mol. The average Bonchev–Trinajstić information content (AvgIpc) is 3.13. The third-order valence-corrected chi connectivity index (χ3v) is 5.61. The fraction of sp³-hybridized carbons (Fsp3) is 0.600. The van der Waals surface area contributed by atoms with E-state index in [4.69, 9.17) is 8.92 Å². The Kier molecular flexibility index (Phi) is 2.60. The van der Waals surface area contributed by atoms with Gasteiger partial charge in [-0.05, 0) is 30.7 Å². The highest BCUT2D eigenvalue weighted by atomic mass is 32.2. The molecule has 0 aromatic heterocycles. The molecule has 4 fully saturated rings. The Morgan fingerprint density at radius 1 is 1.30 bits per heavy atom. The molecule has 108 valence electrons. The Balaban J connectivity index is 1.75. The van der Waals surface area contributed by atoms with Crippen molar-refractivity contribution >= 4 is 10.1 Å². The van der Waals surface area contributed by atoms with Crippen LogP contribution in [0.2, 0.25) is 0 Å². The third kappa shape index (κ3) is 1.84. The Hall–Kier alpha value is -0.910. The Labute approximate surface area is 119 Å². The Morgan fingerprint density at radius 2 is 2.05 bits per heavy atom. The minimum absolute atomic E-state index is 0.124. The highest BCUT2D eigenvalue weighted by Gasteiger charge is 2.71. The van der Waals surface area contributed by atoms with Gasteiger partial charge < -0.3 is 4.74 Å². The second-order valence-electron chi connectivity index (χ2n) is 6.25. The molecule has 5 heteroatoms. The van der Waals surface area contributed by atoms with Crippen molar-refractivity contribution < 1.29 is 17.3 Å². The van der Waals surface area contributed by atoms with Gasteiger partial charge in [-0.2, -0.15) is 8.42 Å². The van der Waals surface area contributed by atoms with Gasteiger partial charge in [0, 0.05) is 5.92 Å². The molecule has 0 radical (unpaired) electrons. The van der Waals surface area contributed by atoms with Gasteiger partial charge in [0.15, 0.2) is 0 Å². The summed E-state index contributed by atoms with van der Waals surface area (Å²) in [6.45, 7) is 0. The molecule has 1 spiro atoms. The SMILES string of the molecule is CS(=O)(=O)O[C@H]1[C@H](c2ccccc2)[C@@H]2CC[C@]13OC3C2. The van der Waals surface area contributed by atoms with Gasteiger partial charge in [0.1, 0.15) is 11.7 Å². The van der Waals surface area contributed by atoms with E-state index in [-0.39, 0.29) is 23.7 Å². The second-order valence-corrected chi connectivity index (χ2v) is 7.85. The molecule has 4 nitrogen and oxygen atoms in total. The van der Waals surface area contributed by atoms with E-state index in [1.54, 1.807) is 0 Å². The van der Waals surface area contributed by atoms with Gasteiger partial charge >= 0.3 is 0 Å². The smallest absolute Gasteiger partial charge is 0.264 e. The molecule has 5 atom stereocenters. The van der Waals surface area contributed by atoms with Crippen LogP contribution in [0.15, 0.2) is 30.3 Å². The molecule has 3 aliphatic carbocycles. The van der Waals surface area contributed by atoms with E-state index >= 15 is 0 Å². The second kappa shape index (κ2) is 4.06. The fourth-order valence-electron chi connectivity index (χ4n) is 4.22. The van der Waals surface area contributed by atoms with Crippen LogP contribution in [-0.2, 0) is 19.0 Å². The van der Waals surface area contributed by atoms with E-state index < -0.39 is 10.1 Å². The lowest BCUT2D eigenvalue weighted by atomic mass is 9.61. The van der Waals surface area contributed by atoms with E-state index in [0.717, 1.165) is 25.5 Å². The van der Waals surface area contributed by atoms with Crippen molar-refractivity contribution in [3.63, 3.8) is 0 Å². The van der Waals surface area contributed by atoms with Gasteiger partial charge in [0.05, 0.1) is 12.4 Å². The summed E-state index contributed by atoms with van der Waals surface area (Å²) in [5, 5.41) is 0. The number of epoxide rings is 1. The number of hydrogen-bond donors (Lipinski definition) is 0. The summed E-state index contributed by atoms with van der Waals surface area (Å²) in [7, 11) is -3.48. The van der Waals surface area contributed by atoms with Crippen LogP contribution in [0.5, 0.6) is 0 Å². The van der Waals surface area contributed by atoms with Gasteiger partial charge in [-0.15, -0.1) is 0 Å². The van der Waals surface area contributed by atoms with Crippen LogP contribution in [0.1, 0.15) is 30.7 Å². The van der Waals surface area contributed by atoms with E-state index in [9.17, 15) is 8.42 Å². The largest absolute Gasteiger partial charge is 0.363 e. The molecule has 20 heavy (non-hydrogen) atoms. The highest BCUT2D eigenvalue weighted by molar-refractivity contribution is 7.86. The first-order valence-electron chi connectivity index (χ1n) is 7.11. The standard InChI is InChI=1S/C15H18O4S/c1-20(16,17)19-14-13(10-5-3-2-4-6-10)11-7-8-15(14)12(9-11)18-15/h2-6,11-14H,7-9H2,1H3/t11-,12?,13-,14+,15-/m1/s1. The normalized spacial score (nSPS) is 42.2. The summed E-state index contributed by atoms with van der Waals surface area (Å²) in [6.07, 6.45) is 4.02. The van der Waals surface area contributed by atoms with Crippen LogP contribution in [0.25, 0.3) is 0 Å². The topological polar surface area (TPSA) is 55.9 Å². The number of ether oxygens (including phenoxy) is 1. The van der Waals surface area contributed by atoms with Crippen LogP contribution < -0.4 is 0 Å².